The minimum atomic E-state index is -3.69. The summed E-state index contributed by atoms with van der Waals surface area (Å²) >= 11 is 0. The summed E-state index contributed by atoms with van der Waals surface area (Å²) in [4.78, 5) is 0.124. The summed E-state index contributed by atoms with van der Waals surface area (Å²) in [5, 5.41) is 8.95. The summed E-state index contributed by atoms with van der Waals surface area (Å²) in [6.07, 6.45) is 0.497. The first-order chi connectivity index (χ1) is 9.09. The minimum Gasteiger partial charge on any atom is -0.396 e. The van der Waals surface area contributed by atoms with Crippen molar-refractivity contribution >= 4 is 10.0 Å². The Kier molecular flexibility index (Phi) is 5.29. The van der Waals surface area contributed by atoms with Gasteiger partial charge in [-0.05, 0) is 48.9 Å². The van der Waals surface area contributed by atoms with E-state index in [1.165, 1.54) is 12.1 Å². The van der Waals surface area contributed by atoms with Crippen LogP contribution in [-0.4, -0.2) is 26.7 Å². The Morgan fingerprint density at radius 3 is 2.20 bits per heavy atom. The Morgan fingerprint density at radius 2 is 1.75 bits per heavy atom. The van der Waals surface area contributed by atoms with Crippen LogP contribution in [0.25, 0.3) is 0 Å². The normalized spacial score (nSPS) is 12.7. The number of sulfonamides is 1. The topological polar surface area (TPSA) is 66.4 Å². The van der Waals surface area contributed by atoms with Crippen molar-refractivity contribution in [3.63, 3.8) is 0 Å². The lowest BCUT2D eigenvalue weighted by molar-refractivity contribution is 0.213. The molecule has 0 aromatic heterocycles. The molecule has 0 bridgehead atoms. The van der Waals surface area contributed by atoms with Gasteiger partial charge in [-0.15, -0.1) is 0 Å². The van der Waals surface area contributed by atoms with E-state index in [4.69, 9.17) is 5.11 Å². The van der Waals surface area contributed by atoms with E-state index in [9.17, 15) is 12.8 Å². The van der Waals surface area contributed by atoms with Crippen molar-refractivity contribution in [3.8, 4) is 0 Å². The van der Waals surface area contributed by atoms with Crippen LogP contribution in [0.5, 0.6) is 0 Å². The standard InChI is InChI=1S/C14H22FNO3S/c1-10-7-12(15)8-11(2)13(10)20(18,19)16-9-14(3,4)5-6-17/h7-8,16-17H,5-6,9H2,1-4H3. The molecule has 0 heterocycles. The zero-order valence-electron chi connectivity index (χ0n) is 12.3. The molecule has 0 spiro atoms. The molecule has 4 nitrogen and oxygen atoms in total. The molecule has 1 aromatic carbocycles. The maximum absolute atomic E-state index is 13.2. The van der Waals surface area contributed by atoms with Gasteiger partial charge < -0.3 is 5.11 Å². The molecule has 0 saturated carbocycles. The van der Waals surface area contributed by atoms with Crippen LogP contribution in [0.2, 0.25) is 0 Å². The van der Waals surface area contributed by atoms with Crippen LogP contribution in [0.4, 0.5) is 4.39 Å². The van der Waals surface area contributed by atoms with Crippen LogP contribution >= 0.6 is 0 Å². The highest BCUT2D eigenvalue weighted by atomic mass is 32.2. The molecule has 0 amide bonds. The number of aryl methyl sites for hydroxylation is 2. The molecular weight excluding hydrogens is 281 g/mol. The van der Waals surface area contributed by atoms with Gasteiger partial charge in [-0.2, -0.15) is 0 Å². The first-order valence-corrected chi connectivity index (χ1v) is 7.95. The molecule has 0 aliphatic rings. The van der Waals surface area contributed by atoms with Crippen LogP contribution in [0.3, 0.4) is 0 Å². The Morgan fingerprint density at radius 1 is 1.25 bits per heavy atom. The van der Waals surface area contributed by atoms with E-state index in [0.29, 0.717) is 17.5 Å². The van der Waals surface area contributed by atoms with Crippen molar-refractivity contribution in [2.24, 2.45) is 5.41 Å². The van der Waals surface area contributed by atoms with Crippen LogP contribution in [0.15, 0.2) is 17.0 Å². The van der Waals surface area contributed by atoms with Crippen LogP contribution in [-0.2, 0) is 10.0 Å². The lowest BCUT2D eigenvalue weighted by Gasteiger charge is -2.24. The SMILES string of the molecule is Cc1cc(F)cc(C)c1S(=O)(=O)NCC(C)(C)CCO. The molecule has 0 aliphatic heterocycles. The second kappa shape index (κ2) is 6.20. The van der Waals surface area contributed by atoms with Gasteiger partial charge >= 0.3 is 0 Å². The highest BCUT2D eigenvalue weighted by Gasteiger charge is 2.24. The highest BCUT2D eigenvalue weighted by Crippen LogP contribution is 2.23. The zero-order chi connectivity index (χ0) is 15.6. The fraction of sp³-hybridized carbons (Fsp3) is 0.571. The first-order valence-electron chi connectivity index (χ1n) is 6.46. The molecule has 20 heavy (non-hydrogen) atoms. The van der Waals surface area contributed by atoms with Gasteiger partial charge in [-0.25, -0.2) is 17.5 Å². The van der Waals surface area contributed by atoms with Crippen molar-refractivity contribution in [2.75, 3.05) is 13.2 Å². The van der Waals surface area contributed by atoms with Crippen LogP contribution in [0, 0.1) is 25.1 Å². The quantitative estimate of drug-likeness (QED) is 0.846. The van der Waals surface area contributed by atoms with Crippen molar-refractivity contribution < 1.29 is 17.9 Å². The maximum Gasteiger partial charge on any atom is 0.241 e. The summed E-state index contributed by atoms with van der Waals surface area (Å²) < 4.78 is 40.4. The molecule has 114 valence electrons. The van der Waals surface area contributed by atoms with E-state index >= 15 is 0 Å². The van der Waals surface area contributed by atoms with Gasteiger partial charge in [0.1, 0.15) is 5.82 Å². The fourth-order valence-corrected chi connectivity index (χ4v) is 3.77. The monoisotopic (exact) mass is 303 g/mol. The fourth-order valence-electron chi connectivity index (χ4n) is 2.07. The second-order valence-corrected chi connectivity index (χ2v) is 7.53. The highest BCUT2D eigenvalue weighted by molar-refractivity contribution is 7.89. The number of aliphatic hydroxyl groups excluding tert-OH is 1. The molecule has 2 N–H and O–H groups in total. The third kappa shape index (κ3) is 4.26. The van der Waals surface area contributed by atoms with E-state index in [-0.39, 0.29) is 23.5 Å². The second-order valence-electron chi connectivity index (χ2n) is 5.83. The lowest BCUT2D eigenvalue weighted by atomic mass is 9.90. The van der Waals surface area contributed by atoms with E-state index in [1.54, 1.807) is 13.8 Å². The number of nitrogens with one attached hydrogen (secondary N) is 1. The molecule has 0 unspecified atom stereocenters. The van der Waals surface area contributed by atoms with Gasteiger partial charge in [0.2, 0.25) is 10.0 Å². The summed E-state index contributed by atoms with van der Waals surface area (Å²) in [6, 6.07) is 2.42. The van der Waals surface area contributed by atoms with Gasteiger partial charge in [-0.1, -0.05) is 13.8 Å². The third-order valence-electron chi connectivity index (χ3n) is 3.22. The smallest absolute Gasteiger partial charge is 0.241 e. The molecule has 0 saturated heterocycles. The number of hydrogen-bond donors (Lipinski definition) is 2. The lowest BCUT2D eigenvalue weighted by Crippen LogP contribution is -2.35. The van der Waals surface area contributed by atoms with Gasteiger partial charge in [-0.3, -0.25) is 0 Å². The molecular formula is C14H22FNO3S. The summed E-state index contributed by atoms with van der Waals surface area (Å²) in [5.41, 5.74) is 0.425. The molecule has 0 atom stereocenters. The van der Waals surface area contributed by atoms with Crippen molar-refractivity contribution in [2.45, 2.75) is 39.0 Å². The van der Waals surface area contributed by atoms with Gasteiger partial charge in [0.25, 0.3) is 0 Å². The van der Waals surface area contributed by atoms with E-state index in [0.717, 1.165) is 0 Å². The van der Waals surface area contributed by atoms with Gasteiger partial charge in [0, 0.05) is 13.2 Å². The van der Waals surface area contributed by atoms with Gasteiger partial charge in [0.15, 0.2) is 0 Å². The average molecular weight is 303 g/mol. The first kappa shape index (κ1) is 17.1. The Hall–Kier alpha value is -0.980. The molecule has 1 rings (SSSR count). The molecule has 1 aromatic rings. The number of rotatable bonds is 6. The Labute approximate surface area is 120 Å². The number of hydrogen-bond acceptors (Lipinski definition) is 3. The van der Waals surface area contributed by atoms with Crippen LogP contribution in [0.1, 0.15) is 31.4 Å². The summed E-state index contributed by atoms with van der Waals surface area (Å²) in [6.45, 7) is 7.11. The summed E-state index contributed by atoms with van der Waals surface area (Å²) in [5.74, 6) is -0.445. The predicted octanol–water partition coefficient (Wildman–Crippen LogP) is 2.13. The molecule has 6 heteroatoms. The molecule has 0 fully saturated rings. The number of aliphatic hydroxyl groups is 1. The number of benzene rings is 1. The maximum atomic E-state index is 13.2. The Balaban J connectivity index is 3.01. The third-order valence-corrected chi connectivity index (χ3v) is 4.93. The predicted molar refractivity (Wildman–Crippen MR) is 76.5 cm³/mol. The van der Waals surface area contributed by atoms with Crippen molar-refractivity contribution in [1.82, 2.24) is 4.72 Å². The molecule has 0 radical (unpaired) electrons. The zero-order valence-corrected chi connectivity index (χ0v) is 13.1. The van der Waals surface area contributed by atoms with Crippen molar-refractivity contribution in [1.29, 1.82) is 0 Å². The largest absolute Gasteiger partial charge is 0.396 e. The minimum absolute atomic E-state index is 0.00330. The molecule has 0 aliphatic carbocycles. The average Bonchev–Trinajstić information content (AvgIpc) is 2.24. The van der Waals surface area contributed by atoms with Gasteiger partial charge in [0.05, 0.1) is 4.90 Å². The number of halogens is 1. The van der Waals surface area contributed by atoms with E-state index < -0.39 is 15.8 Å². The summed E-state index contributed by atoms with van der Waals surface area (Å²) in [7, 11) is -3.69. The van der Waals surface area contributed by atoms with Crippen molar-refractivity contribution in [3.05, 3.63) is 29.1 Å². The van der Waals surface area contributed by atoms with E-state index in [2.05, 4.69) is 4.72 Å². The van der Waals surface area contributed by atoms with E-state index in [1.807, 2.05) is 13.8 Å². The van der Waals surface area contributed by atoms with Crippen LogP contribution < -0.4 is 4.72 Å². The Bertz CT molecular complexity index is 559.